The topological polar surface area (TPSA) is 150 Å². The number of hydrogen-bond acceptors (Lipinski definition) is 12. The van der Waals surface area contributed by atoms with Crippen molar-refractivity contribution in [2.45, 2.75) is 65.3 Å². The Balaban J connectivity index is 2.40. The molecule has 0 radical (unpaired) electrons. The molecule has 0 aromatic heterocycles. The summed E-state index contributed by atoms with van der Waals surface area (Å²) in [6.45, 7) is 6.06. The molecule has 0 bridgehead atoms. The van der Waals surface area contributed by atoms with Crippen molar-refractivity contribution in [3.05, 3.63) is 29.8 Å². The summed E-state index contributed by atoms with van der Waals surface area (Å²) in [6, 6.07) is 5.83. The van der Waals surface area contributed by atoms with Crippen LogP contribution in [0, 0.1) is 0 Å². The summed E-state index contributed by atoms with van der Waals surface area (Å²) in [4.78, 5) is 58.7. The van der Waals surface area contributed by atoms with Crippen molar-refractivity contribution in [1.82, 2.24) is 0 Å². The van der Waals surface area contributed by atoms with E-state index in [0.717, 1.165) is 20.8 Å². The summed E-state index contributed by atoms with van der Waals surface area (Å²) in [5.74, 6) is -3.19. The molecule has 192 valence electrons. The molecule has 12 heteroatoms. The Kier molecular flexibility index (Phi) is 10.0. The van der Waals surface area contributed by atoms with Gasteiger partial charge in [0.25, 0.3) is 0 Å². The first kappa shape index (κ1) is 27.6. The molecule has 2 rings (SSSR count). The van der Waals surface area contributed by atoms with Crippen LogP contribution in [-0.4, -0.2) is 73.8 Å². The molecule has 12 nitrogen and oxygen atoms in total. The molecule has 0 N–H and O–H groups in total. The smallest absolute Gasteiger partial charge is 0.338 e. The van der Waals surface area contributed by atoms with Gasteiger partial charge in [0.1, 0.15) is 18.5 Å². The largest absolute Gasteiger partial charge is 0.463 e. The van der Waals surface area contributed by atoms with Gasteiger partial charge < -0.3 is 33.2 Å². The Hall–Kier alpha value is -3.67. The molecule has 1 fully saturated rings. The van der Waals surface area contributed by atoms with Crippen LogP contribution >= 0.6 is 0 Å². The Bertz CT molecular complexity index is 925. The fourth-order valence-electron chi connectivity index (χ4n) is 3.30. The number of carbonyl (C=O) groups excluding carboxylic acids is 5. The summed E-state index contributed by atoms with van der Waals surface area (Å²) in [6.07, 6.45) is -6.50. The molecule has 35 heavy (non-hydrogen) atoms. The van der Waals surface area contributed by atoms with Gasteiger partial charge in [0.15, 0.2) is 12.2 Å². The van der Waals surface area contributed by atoms with Crippen LogP contribution in [0.4, 0.5) is 0 Å². The van der Waals surface area contributed by atoms with Crippen molar-refractivity contribution in [2.75, 3.05) is 13.2 Å². The van der Waals surface area contributed by atoms with E-state index in [-0.39, 0.29) is 24.5 Å². The summed E-state index contributed by atoms with van der Waals surface area (Å²) in [5.41, 5.74) is 0.278. The van der Waals surface area contributed by atoms with E-state index < -0.39 is 60.6 Å². The van der Waals surface area contributed by atoms with Crippen LogP contribution in [-0.2, 0) is 47.6 Å². The second-order valence-electron chi connectivity index (χ2n) is 7.43. The lowest BCUT2D eigenvalue weighted by Crippen LogP contribution is -2.63. The molecule has 1 heterocycles. The van der Waals surface area contributed by atoms with Gasteiger partial charge in [0.2, 0.25) is 12.4 Å². The SMILES string of the molecule is CCOC(=O)c1ccc(O[C@@H]2O[C@H](COC(C)=O)[C@@H](OC(C)=O)[C@H](OC(C)=O)[C@H]2OC(C)=O)cc1. The van der Waals surface area contributed by atoms with Crippen LogP contribution < -0.4 is 4.74 Å². The number of ether oxygens (including phenoxy) is 7. The molecule has 1 aromatic carbocycles. The van der Waals surface area contributed by atoms with Crippen LogP contribution in [0.2, 0.25) is 0 Å². The summed E-state index contributed by atoms with van der Waals surface area (Å²) >= 11 is 0. The summed E-state index contributed by atoms with van der Waals surface area (Å²) < 4.78 is 37.6. The predicted molar refractivity (Wildman–Crippen MR) is 115 cm³/mol. The zero-order chi connectivity index (χ0) is 26.1. The van der Waals surface area contributed by atoms with E-state index in [0.29, 0.717) is 0 Å². The normalized spacial score (nSPS) is 23.4. The Labute approximate surface area is 201 Å². The summed E-state index contributed by atoms with van der Waals surface area (Å²) in [7, 11) is 0. The van der Waals surface area contributed by atoms with Crippen LogP contribution in [0.15, 0.2) is 24.3 Å². The predicted octanol–water partition coefficient (Wildman–Crippen LogP) is 1.33. The van der Waals surface area contributed by atoms with Gasteiger partial charge in [-0.25, -0.2) is 4.79 Å². The van der Waals surface area contributed by atoms with Gasteiger partial charge >= 0.3 is 29.8 Å². The van der Waals surface area contributed by atoms with Gasteiger partial charge in [-0.3, -0.25) is 19.2 Å². The molecule has 1 aliphatic heterocycles. The van der Waals surface area contributed by atoms with Gasteiger partial charge in [-0.15, -0.1) is 0 Å². The average Bonchev–Trinajstić information content (AvgIpc) is 2.76. The van der Waals surface area contributed by atoms with Crippen molar-refractivity contribution >= 4 is 29.8 Å². The summed E-state index contributed by atoms with van der Waals surface area (Å²) in [5, 5.41) is 0. The fraction of sp³-hybridized carbons (Fsp3) is 0.522. The highest BCUT2D eigenvalue weighted by atomic mass is 16.7. The maximum Gasteiger partial charge on any atom is 0.338 e. The van der Waals surface area contributed by atoms with Gasteiger partial charge in [-0.2, -0.15) is 0 Å². The number of hydrogen-bond donors (Lipinski definition) is 0. The third-order valence-electron chi connectivity index (χ3n) is 4.57. The Morgan fingerprint density at radius 2 is 1.29 bits per heavy atom. The molecule has 1 aromatic rings. The van der Waals surface area contributed by atoms with Crippen molar-refractivity contribution in [3.8, 4) is 5.75 Å². The van der Waals surface area contributed by atoms with Crippen molar-refractivity contribution < 1.29 is 57.1 Å². The fourth-order valence-corrected chi connectivity index (χ4v) is 3.30. The van der Waals surface area contributed by atoms with Crippen molar-refractivity contribution in [2.24, 2.45) is 0 Å². The van der Waals surface area contributed by atoms with Crippen LogP contribution in [0.5, 0.6) is 5.75 Å². The molecular weight excluding hydrogens is 468 g/mol. The standard InChI is InChI=1S/C23H28O12/c1-6-29-22(28)16-7-9-17(10-8-16)34-23-21(33-15(5)27)20(32-14(4)26)19(31-13(3)25)18(35-23)11-30-12(2)24/h7-10,18-21,23H,6,11H2,1-5H3/t18-,19-,20+,21-,23-/m1/s1. The van der Waals surface area contributed by atoms with E-state index in [9.17, 15) is 24.0 Å². The van der Waals surface area contributed by atoms with Crippen molar-refractivity contribution in [3.63, 3.8) is 0 Å². The Morgan fingerprint density at radius 1 is 0.743 bits per heavy atom. The second kappa shape index (κ2) is 12.7. The molecule has 0 aliphatic carbocycles. The lowest BCUT2D eigenvalue weighted by Gasteiger charge is -2.43. The highest BCUT2D eigenvalue weighted by molar-refractivity contribution is 5.89. The maximum absolute atomic E-state index is 11.9. The van der Waals surface area contributed by atoms with E-state index in [1.807, 2.05) is 0 Å². The lowest BCUT2D eigenvalue weighted by atomic mass is 9.98. The van der Waals surface area contributed by atoms with E-state index in [1.54, 1.807) is 6.92 Å². The molecule has 0 amide bonds. The quantitative estimate of drug-likeness (QED) is 0.358. The molecule has 0 spiro atoms. The van der Waals surface area contributed by atoms with E-state index in [2.05, 4.69) is 0 Å². The second-order valence-corrected chi connectivity index (χ2v) is 7.43. The van der Waals surface area contributed by atoms with Gasteiger partial charge in [-0.05, 0) is 31.2 Å². The Morgan fingerprint density at radius 3 is 1.80 bits per heavy atom. The van der Waals surface area contributed by atoms with Gasteiger partial charge in [-0.1, -0.05) is 0 Å². The zero-order valence-electron chi connectivity index (χ0n) is 20.0. The molecule has 1 saturated heterocycles. The molecule has 1 aliphatic rings. The van der Waals surface area contributed by atoms with Gasteiger partial charge in [0.05, 0.1) is 12.2 Å². The monoisotopic (exact) mass is 496 g/mol. The minimum atomic E-state index is -1.37. The first-order valence-corrected chi connectivity index (χ1v) is 10.8. The number of carbonyl (C=O) groups is 5. The number of rotatable bonds is 9. The molecular formula is C23H28O12. The zero-order valence-corrected chi connectivity index (χ0v) is 20.0. The van der Waals surface area contributed by atoms with Crippen molar-refractivity contribution in [1.29, 1.82) is 0 Å². The van der Waals surface area contributed by atoms with E-state index in [4.69, 9.17) is 33.2 Å². The average molecular weight is 496 g/mol. The highest BCUT2D eigenvalue weighted by Crippen LogP contribution is 2.31. The van der Waals surface area contributed by atoms with Crippen LogP contribution in [0.1, 0.15) is 45.0 Å². The van der Waals surface area contributed by atoms with E-state index in [1.165, 1.54) is 31.2 Å². The number of benzene rings is 1. The minimum absolute atomic E-state index is 0.207. The molecule has 5 atom stereocenters. The first-order chi connectivity index (χ1) is 16.5. The highest BCUT2D eigenvalue weighted by Gasteiger charge is 2.53. The third kappa shape index (κ3) is 8.25. The first-order valence-electron chi connectivity index (χ1n) is 10.8. The van der Waals surface area contributed by atoms with Crippen LogP contribution in [0.3, 0.4) is 0 Å². The van der Waals surface area contributed by atoms with E-state index >= 15 is 0 Å². The molecule has 0 unspecified atom stereocenters. The van der Waals surface area contributed by atoms with Gasteiger partial charge in [0, 0.05) is 27.7 Å². The minimum Gasteiger partial charge on any atom is -0.463 e. The number of esters is 5. The third-order valence-corrected chi connectivity index (χ3v) is 4.57. The van der Waals surface area contributed by atoms with Crippen LogP contribution in [0.25, 0.3) is 0 Å². The lowest BCUT2D eigenvalue weighted by molar-refractivity contribution is -0.288. The maximum atomic E-state index is 11.9. The molecule has 0 saturated carbocycles.